The largest absolute Gasteiger partial charge is 0.483 e. The third-order valence-electron chi connectivity index (χ3n) is 4.01. The van der Waals surface area contributed by atoms with E-state index in [0.717, 1.165) is 11.1 Å². The molecule has 0 fully saturated rings. The quantitative estimate of drug-likeness (QED) is 0.734. The average Bonchev–Trinajstić information content (AvgIpc) is 3.04. The molecule has 26 heavy (non-hydrogen) atoms. The van der Waals surface area contributed by atoms with Crippen LogP contribution in [0.3, 0.4) is 0 Å². The van der Waals surface area contributed by atoms with Crippen LogP contribution in [-0.2, 0) is 11.2 Å². The van der Waals surface area contributed by atoms with Gasteiger partial charge in [0.25, 0.3) is 5.91 Å². The number of nitrogens with one attached hydrogen (secondary N) is 1. The minimum Gasteiger partial charge on any atom is -0.483 e. The lowest BCUT2D eigenvalue weighted by molar-refractivity contribution is -0.118. The van der Waals surface area contributed by atoms with Crippen LogP contribution >= 0.6 is 0 Å². The fraction of sp³-hybridized carbons (Fsp3) is 0.250. The predicted octanol–water partition coefficient (Wildman–Crippen LogP) is 3.60. The Morgan fingerprint density at radius 3 is 2.65 bits per heavy atom. The maximum absolute atomic E-state index is 12.0. The Labute approximate surface area is 152 Å². The summed E-state index contributed by atoms with van der Waals surface area (Å²) in [6.07, 6.45) is 0.523. The molecule has 1 amide bonds. The van der Waals surface area contributed by atoms with Crippen molar-refractivity contribution in [3.63, 3.8) is 0 Å². The van der Waals surface area contributed by atoms with Crippen LogP contribution in [0.25, 0.3) is 0 Å². The Balaban J connectivity index is 1.56. The van der Waals surface area contributed by atoms with Gasteiger partial charge < -0.3 is 9.15 Å². The Kier molecular flexibility index (Phi) is 5.31. The molecule has 3 aromatic rings. The summed E-state index contributed by atoms with van der Waals surface area (Å²) in [6.45, 7) is 5.89. The first kappa shape index (κ1) is 17.7. The minimum atomic E-state index is -0.352. The molecule has 0 unspecified atom stereocenters. The van der Waals surface area contributed by atoms with Crippen molar-refractivity contribution in [3.8, 4) is 5.75 Å². The summed E-state index contributed by atoms with van der Waals surface area (Å²) >= 11 is 0. The van der Waals surface area contributed by atoms with Crippen LogP contribution < -0.4 is 10.1 Å². The molecular weight excluding hydrogens is 330 g/mol. The van der Waals surface area contributed by atoms with E-state index in [-0.39, 0.29) is 18.5 Å². The second-order valence-corrected chi connectivity index (χ2v) is 6.21. The normalized spacial score (nSPS) is 10.6. The summed E-state index contributed by atoms with van der Waals surface area (Å²) in [4.78, 5) is 12.0. The number of aryl methyl sites for hydroxylation is 3. The Hall–Kier alpha value is -3.15. The molecule has 0 saturated carbocycles. The maximum atomic E-state index is 12.0. The Bertz CT molecular complexity index is 918. The number of anilines is 1. The van der Waals surface area contributed by atoms with E-state index in [0.29, 0.717) is 18.1 Å². The second-order valence-electron chi connectivity index (χ2n) is 6.21. The molecule has 134 valence electrons. The number of amides is 1. The van der Waals surface area contributed by atoms with Crippen molar-refractivity contribution in [1.82, 2.24) is 10.2 Å². The van der Waals surface area contributed by atoms with Crippen LogP contribution in [0.4, 0.5) is 6.01 Å². The van der Waals surface area contributed by atoms with Gasteiger partial charge in [-0.3, -0.25) is 10.1 Å². The van der Waals surface area contributed by atoms with E-state index in [1.165, 1.54) is 11.1 Å². The van der Waals surface area contributed by atoms with Crippen LogP contribution in [0.15, 0.2) is 46.9 Å². The van der Waals surface area contributed by atoms with Crippen molar-refractivity contribution in [2.45, 2.75) is 27.2 Å². The summed E-state index contributed by atoms with van der Waals surface area (Å²) in [5, 5.41) is 10.4. The lowest BCUT2D eigenvalue weighted by Gasteiger charge is -2.07. The van der Waals surface area contributed by atoms with Crippen molar-refractivity contribution in [2.75, 3.05) is 11.9 Å². The molecule has 0 aliphatic rings. The zero-order valence-electron chi connectivity index (χ0n) is 15.1. The van der Waals surface area contributed by atoms with Gasteiger partial charge in [0.1, 0.15) is 5.75 Å². The van der Waals surface area contributed by atoms with Gasteiger partial charge in [-0.05, 0) is 43.5 Å². The Morgan fingerprint density at radius 1 is 1.08 bits per heavy atom. The molecule has 2 aromatic carbocycles. The highest BCUT2D eigenvalue weighted by atomic mass is 16.5. The molecular formula is C20H21N3O3. The van der Waals surface area contributed by atoms with E-state index >= 15 is 0 Å². The standard InChI is InChI=1S/C20H21N3O3/c1-13-8-9-16(15(3)10-13)11-19-22-23-20(26-19)21-18(24)12-25-17-7-5-4-6-14(17)2/h4-10H,11-12H2,1-3H3,(H,21,23,24). The van der Waals surface area contributed by atoms with Gasteiger partial charge in [-0.15, -0.1) is 5.10 Å². The lowest BCUT2D eigenvalue weighted by atomic mass is 10.0. The summed E-state index contributed by atoms with van der Waals surface area (Å²) in [5.74, 6) is 0.769. The summed E-state index contributed by atoms with van der Waals surface area (Å²) in [6, 6.07) is 13.8. The summed E-state index contributed by atoms with van der Waals surface area (Å²) in [7, 11) is 0. The monoisotopic (exact) mass is 351 g/mol. The third kappa shape index (κ3) is 4.47. The predicted molar refractivity (Wildman–Crippen MR) is 98.3 cm³/mol. The van der Waals surface area contributed by atoms with Crippen molar-refractivity contribution >= 4 is 11.9 Å². The summed E-state index contributed by atoms with van der Waals surface area (Å²) < 4.78 is 11.0. The zero-order valence-corrected chi connectivity index (χ0v) is 15.1. The summed E-state index contributed by atoms with van der Waals surface area (Å²) in [5.41, 5.74) is 4.45. The van der Waals surface area contributed by atoms with Crippen LogP contribution in [0.5, 0.6) is 5.75 Å². The van der Waals surface area contributed by atoms with Gasteiger partial charge in [0.05, 0.1) is 6.42 Å². The fourth-order valence-electron chi connectivity index (χ4n) is 2.60. The number of carbonyl (C=O) groups is 1. The van der Waals surface area contributed by atoms with Gasteiger partial charge in [-0.2, -0.15) is 0 Å². The van der Waals surface area contributed by atoms with Crippen molar-refractivity contribution in [3.05, 3.63) is 70.6 Å². The van der Waals surface area contributed by atoms with Crippen LogP contribution in [-0.4, -0.2) is 22.7 Å². The first-order valence-electron chi connectivity index (χ1n) is 8.38. The van der Waals surface area contributed by atoms with Gasteiger partial charge in [0.15, 0.2) is 6.61 Å². The van der Waals surface area contributed by atoms with E-state index in [4.69, 9.17) is 9.15 Å². The Morgan fingerprint density at radius 2 is 1.88 bits per heavy atom. The van der Waals surface area contributed by atoms with E-state index in [1.54, 1.807) is 0 Å². The molecule has 0 aliphatic carbocycles. The molecule has 6 heteroatoms. The fourth-order valence-corrected chi connectivity index (χ4v) is 2.60. The topological polar surface area (TPSA) is 77.2 Å². The molecule has 0 radical (unpaired) electrons. The first-order chi connectivity index (χ1) is 12.5. The number of hydrogen-bond acceptors (Lipinski definition) is 5. The minimum absolute atomic E-state index is 0.0724. The number of aromatic nitrogens is 2. The smallest absolute Gasteiger partial charge is 0.322 e. The van der Waals surface area contributed by atoms with Crippen molar-refractivity contribution < 1.29 is 13.9 Å². The van der Waals surface area contributed by atoms with Crippen LogP contribution in [0, 0.1) is 20.8 Å². The SMILES string of the molecule is Cc1ccc(Cc2nnc(NC(=O)COc3ccccc3C)o2)c(C)c1. The maximum Gasteiger partial charge on any atom is 0.322 e. The molecule has 0 atom stereocenters. The molecule has 0 spiro atoms. The van der Waals surface area contributed by atoms with Gasteiger partial charge in [0.2, 0.25) is 5.89 Å². The number of hydrogen-bond donors (Lipinski definition) is 1. The molecule has 0 bridgehead atoms. The van der Waals surface area contributed by atoms with Crippen LogP contribution in [0.2, 0.25) is 0 Å². The van der Waals surface area contributed by atoms with E-state index in [9.17, 15) is 4.79 Å². The molecule has 6 nitrogen and oxygen atoms in total. The number of ether oxygens (including phenoxy) is 1. The van der Waals surface area contributed by atoms with Crippen molar-refractivity contribution in [1.29, 1.82) is 0 Å². The van der Waals surface area contributed by atoms with E-state index in [2.05, 4.69) is 28.5 Å². The average molecular weight is 351 g/mol. The van der Waals surface area contributed by atoms with Gasteiger partial charge in [0, 0.05) is 0 Å². The lowest BCUT2D eigenvalue weighted by Crippen LogP contribution is -2.20. The highest BCUT2D eigenvalue weighted by molar-refractivity contribution is 5.89. The zero-order chi connectivity index (χ0) is 18.5. The van der Waals surface area contributed by atoms with Gasteiger partial charge in [-0.25, -0.2) is 0 Å². The third-order valence-corrected chi connectivity index (χ3v) is 4.01. The number of carbonyl (C=O) groups excluding carboxylic acids is 1. The molecule has 1 heterocycles. The highest BCUT2D eigenvalue weighted by Gasteiger charge is 2.12. The molecule has 0 saturated heterocycles. The number of rotatable bonds is 6. The second kappa shape index (κ2) is 7.82. The van der Waals surface area contributed by atoms with Gasteiger partial charge >= 0.3 is 6.01 Å². The van der Waals surface area contributed by atoms with E-state index < -0.39 is 0 Å². The first-order valence-corrected chi connectivity index (χ1v) is 8.38. The highest BCUT2D eigenvalue weighted by Crippen LogP contribution is 2.17. The molecule has 1 N–H and O–H groups in total. The van der Waals surface area contributed by atoms with E-state index in [1.807, 2.05) is 50.2 Å². The number of nitrogens with zero attached hydrogens (tertiary/aromatic N) is 2. The van der Waals surface area contributed by atoms with Crippen molar-refractivity contribution in [2.24, 2.45) is 0 Å². The van der Waals surface area contributed by atoms with Crippen LogP contribution in [0.1, 0.15) is 28.1 Å². The molecule has 0 aliphatic heterocycles. The number of para-hydroxylation sites is 1. The molecule has 3 rings (SSSR count). The number of benzene rings is 2. The molecule has 1 aromatic heterocycles. The van der Waals surface area contributed by atoms with Gasteiger partial charge in [-0.1, -0.05) is 47.1 Å².